The summed E-state index contributed by atoms with van der Waals surface area (Å²) in [5, 5.41) is 8.69. The Bertz CT molecular complexity index is 715. The zero-order chi connectivity index (χ0) is 15.2. The maximum Gasteiger partial charge on any atom is 0.222 e. The lowest BCUT2D eigenvalue weighted by molar-refractivity contribution is -0.138. The summed E-state index contributed by atoms with van der Waals surface area (Å²) in [6, 6.07) is 8.65. The molecule has 0 heterocycles. The van der Waals surface area contributed by atoms with E-state index < -0.39 is 23.3 Å². The molecule has 0 saturated heterocycles. The normalized spacial score (nSPS) is 17.8. The topological polar surface area (TPSA) is 75.0 Å². The van der Waals surface area contributed by atoms with Gasteiger partial charge in [0.15, 0.2) is 5.78 Å². The number of Topliss-reactive ketones (excluding diaryl/α,β-unsaturated/α-hetero) is 1. The van der Waals surface area contributed by atoms with E-state index in [4.69, 9.17) is 5.26 Å². The zero-order valence-corrected chi connectivity index (χ0v) is 11.0. The second-order valence-electron chi connectivity index (χ2n) is 4.42. The number of carbonyl (C=O) groups is 3. The number of carbonyl (C=O) groups excluding carboxylic acids is 3. The van der Waals surface area contributed by atoms with Crippen molar-refractivity contribution < 1.29 is 14.4 Å². The van der Waals surface area contributed by atoms with Crippen LogP contribution in [0.15, 0.2) is 54.6 Å². The number of hydrogen-bond donors (Lipinski definition) is 0. The Balaban J connectivity index is 2.13. The quantitative estimate of drug-likeness (QED) is 0.481. The van der Waals surface area contributed by atoms with Gasteiger partial charge >= 0.3 is 0 Å². The number of nitriles is 1. The van der Waals surface area contributed by atoms with Crippen LogP contribution in [0.25, 0.3) is 6.08 Å². The molecule has 0 saturated carbocycles. The van der Waals surface area contributed by atoms with Crippen molar-refractivity contribution in [3.8, 4) is 6.07 Å². The van der Waals surface area contributed by atoms with Crippen molar-refractivity contribution in [2.75, 3.05) is 0 Å². The maximum atomic E-state index is 12.0. The molecule has 21 heavy (non-hydrogen) atoms. The number of nitrogens with zero attached hydrogens (tertiary/aromatic N) is 1. The summed E-state index contributed by atoms with van der Waals surface area (Å²) in [6.45, 7) is 0. The minimum atomic E-state index is -1.07. The Hall–Kier alpha value is -3.06. The fourth-order valence-electron chi connectivity index (χ4n) is 1.82. The van der Waals surface area contributed by atoms with E-state index in [-0.39, 0.29) is 0 Å². The van der Waals surface area contributed by atoms with Gasteiger partial charge in [-0.25, -0.2) is 0 Å². The van der Waals surface area contributed by atoms with Gasteiger partial charge in [0.1, 0.15) is 5.92 Å². The minimum absolute atomic E-state index is 0.447. The number of hydrogen-bond acceptors (Lipinski definition) is 4. The van der Waals surface area contributed by atoms with Gasteiger partial charge in [-0.3, -0.25) is 14.4 Å². The Morgan fingerprint density at radius 3 is 2.52 bits per heavy atom. The van der Waals surface area contributed by atoms with Crippen molar-refractivity contribution >= 4 is 23.4 Å². The second-order valence-corrected chi connectivity index (χ2v) is 4.42. The molecular formula is C17H11NO3. The SMILES string of the molecule is N#Cc1ccc(/C=C/C(=O)C2C=CC=CC(=O)C2=O)cc1. The monoisotopic (exact) mass is 277 g/mol. The van der Waals surface area contributed by atoms with Gasteiger partial charge in [-0.2, -0.15) is 5.26 Å². The molecule has 1 aromatic carbocycles. The van der Waals surface area contributed by atoms with Crippen LogP contribution in [0.5, 0.6) is 0 Å². The minimum Gasteiger partial charge on any atom is -0.294 e. The van der Waals surface area contributed by atoms with Crippen LogP contribution in [0.3, 0.4) is 0 Å². The predicted molar refractivity (Wildman–Crippen MR) is 77.0 cm³/mol. The van der Waals surface area contributed by atoms with Gasteiger partial charge in [0.2, 0.25) is 11.6 Å². The fraction of sp³-hybridized carbons (Fsp3) is 0.0588. The molecular weight excluding hydrogens is 266 g/mol. The molecule has 1 aliphatic carbocycles. The van der Waals surface area contributed by atoms with Crippen LogP contribution in [-0.2, 0) is 14.4 Å². The molecule has 0 aliphatic heterocycles. The van der Waals surface area contributed by atoms with Gasteiger partial charge in [-0.05, 0) is 29.8 Å². The van der Waals surface area contributed by atoms with Crippen LogP contribution in [0.1, 0.15) is 11.1 Å². The highest BCUT2D eigenvalue weighted by molar-refractivity contribution is 6.46. The van der Waals surface area contributed by atoms with Gasteiger partial charge in [-0.1, -0.05) is 36.4 Å². The first-order valence-corrected chi connectivity index (χ1v) is 6.27. The molecule has 1 unspecified atom stereocenters. The highest BCUT2D eigenvalue weighted by atomic mass is 16.2. The first-order valence-electron chi connectivity index (χ1n) is 6.27. The molecule has 1 aromatic rings. The van der Waals surface area contributed by atoms with E-state index >= 15 is 0 Å². The highest BCUT2D eigenvalue weighted by Crippen LogP contribution is 2.11. The molecule has 1 atom stereocenters. The van der Waals surface area contributed by atoms with E-state index in [2.05, 4.69) is 0 Å². The molecule has 0 spiro atoms. The van der Waals surface area contributed by atoms with Crippen molar-refractivity contribution in [3.05, 3.63) is 65.8 Å². The summed E-state index contributed by atoms with van der Waals surface area (Å²) in [6.07, 6.45) is 8.34. The van der Waals surface area contributed by atoms with Gasteiger partial charge in [-0.15, -0.1) is 0 Å². The van der Waals surface area contributed by atoms with Crippen LogP contribution < -0.4 is 0 Å². The molecule has 0 radical (unpaired) electrons. The summed E-state index contributed by atoms with van der Waals surface area (Å²) < 4.78 is 0. The average Bonchev–Trinajstić information content (AvgIpc) is 2.68. The molecule has 0 N–H and O–H groups in total. The summed E-state index contributed by atoms with van der Waals surface area (Å²) >= 11 is 0. The van der Waals surface area contributed by atoms with Crippen molar-refractivity contribution in [1.29, 1.82) is 5.26 Å². The number of rotatable bonds is 3. The van der Waals surface area contributed by atoms with Crippen LogP contribution >= 0.6 is 0 Å². The Labute approximate surface area is 121 Å². The lowest BCUT2D eigenvalue weighted by Gasteiger charge is -2.04. The largest absolute Gasteiger partial charge is 0.294 e. The molecule has 0 amide bonds. The van der Waals surface area contributed by atoms with E-state index in [1.807, 2.05) is 6.07 Å². The Morgan fingerprint density at radius 2 is 1.86 bits per heavy atom. The summed E-state index contributed by atoms with van der Waals surface area (Å²) in [4.78, 5) is 35.1. The van der Waals surface area contributed by atoms with Gasteiger partial charge in [0.05, 0.1) is 11.6 Å². The summed E-state index contributed by atoms with van der Waals surface area (Å²) in [5.41, 5.74) is 1.26. The first kappa shape index (κ1) is 14.4. The van der Waals surface area contributed by atoms with E-state index in [1.165, 1.54) is 24.3 Å². The van der Waals surface area contributed by atoms with E-state index in [0.29, 0.717) is 5.56 Å². The maximum absolute atomic E-state index is 12.0. The lowest BCUT2D eigenvalue weighted by Crippen LogP contribution is -2.26. The molecule has 4 nitrogen and oxygen atoms in total. The first-order chi connectivity index (χ1) is 10.1. The molecule has 1 aliphatic rings. The van der Waals surface area contributed by atoms with Gasteiger partial charge in [0.25, 0.3) is 0 Å². The van der Waals surface area contributed by atoms with Crippen molar-refractivity contribution in [2.45, 2.75) is 0 Å². The fourth-order valence-corrected chi connectivity index (χ4v) is 1.82. The predicted octanol–water partition coefficient (Wildman–Crippen LogP) is 2.02. The number of benzene rings is 1. The van der Waals surface area contributed by atoms with E-state index in [9.17, 15) is 14.4 Å². The van der Waals surface area contributed by atoms with E-state index in [1.54, 1.807) is 30.3 Å². The average molecular weight is 277 g/mol. The van der Waals surface area contributed by atoms with E-state index in [0.717, 1.165) is 11.6 Å². The van der Waals surface area contributed by atoms with Crippen molar-refractivity contribution in [1.82, 2.24) is 0 Å². The standard InChI is InChI=1S/C17H11NO3/c18-11-13-7-5-12(6-8-13)9-10-15(19)14-3-1-2-4-16(20)17(14)21/h1-10,14H/b10-9+. The van der Waals surface area contributed by atoms with Crippen LogP contribution in [-0.4, -0.2) is 17.3 Å². The molecule has 4 heteroatoms. The summed E-state index contributed by atoms with van der Waals surface area (Å²) in [5.74, 6) is -2.92. The number of ketones is 3. The molecule has 0 bridgehead atoms. The van der Waals surface area contributed by atoms with Crippen molar-refractivity contribution in [2.24, 2.45) is 5.92 Å². The molecule has 0 aromatic heterocycles. The van der Waals surface area contributed by atoms with Crippen LogP contribution in [0, 0.1) is 17.2 Å². The lowest BCUT2D eigenvalue weighted by atomic mass is 9.96. The molecule has 102 valence electrons. The Morgan fingerprint density at radius 1 is 1.14 bits per heavy atom. The highest BCUT2D eigenvalue weighted by Gasteiger charge is 2.27. The van der Waals surface area contributed by atoms with Crippen LogP contribution in [0.4, 0.5) is 0 Å². The van der Waals surface area contributed by atoms with Gasteiger partial charge in [0, 0.05) is 0 Å². The smallest absolute Gasteiger partial charge is 0.222 e. The molecule has 2 rings (SSSR count). The molecule has 0 fully saturated rings. The Kier molecular flexibility index (Phi) is 4.37. The summed E-state index contributed by atoms with van der Waals surface area (Å²) in [7, 11) is 0. The second kappa shape index (κ2) is 6.40. The number of allylic oxidation sites excluding steroid dienone is 5. The third-order valence-electron chi connectivity index (χ3n) is 2.97. The zero-order valence-electron chi connectivity index (χ0n) is 11.0. The van der Waals surface area contributed by atoms with Crippen LogP contribution in [0.2, 0.25) is 0 Å². The van der Waals surface area contributed by atoms with Gasteiger partial charge < -0.3 is 0 Å². The van der Waals surface area contributed by atoms with Crippen molar-refractivity contribution in [3.63, 3.8) is 0 Å². The third-order valence-corrected chi connectivity index (χ3v) is 2.97. The third kappa shape index (κ3) is 3.48.